The first-order valence-electron chi connectivity index (χ1n) is 7.40. The van der Waals surface area contributed by atoms with Gasteiger partial charge in [-0.1, -0.05) is 6.07 Å². The van der Waals surface area contributed by atoms with E-state index in [0.29, 0.717) is 22.4 Å². The second-order valence-electron chi connectivity index (χ2n) is 5.95. The molecule has 0 atom stereocenters. The maximum atomic E-state index is 12.9. The molecule has 2 aromatic carbocycles. The monoisotopic (exact) mass is 348 g/mol. The molecule has 2 aromatic rings. The zero-order valence-corrected chi connectivity index (χ0v) is 15.1. The van der Waals surface area contributed by atoms with Gasteiger partial charge in [0.25, 0.3) is 15.7 Å². The summed E-state index contributed by atoms with van der Waals surface area (Å²) < 4.78 is 28.3. The average Bonchev–Trinajstić information content (AvgIpc) is 2.47. The molecule has 128 valence electrons. The lowest BCUT2D eigenvalue weighted by Crippen LogP contribution is -2.17. The molecule has 0 unspecified atom stereocenters. The summed E-state index contributed by atoms with van der Waals surface area (Å²) >= 11 is 0. The highest BCUT2D eigenvalue weighted by molar-refractivity contribution is 7.92. The van der Waals surface area contributed by atoms with E-state index < -0.39 is 14.9 Å². The Morgan fingerprint density at radius 2 is 1.46 bits per heavy atom. The van der Waals surface area contributed by atoms with Crippen LogP contribution in [0.2, 0.25) is 0 Å². The number of rotatable bonds is 4. The summed E-state index contributed by atoms with van der Waals surface area (Å²) in [4.78, 5) is 10.6. The van der Waals surface area contributed by atoms with Crippen LogP contribution in [0.3, 0.4) is 0 Å². The van der Waals surface area contributed by atoms with Gasteiger partial charge in [-0.25, -0.2) is 8.42 Å². The number of nitrogens with one attached hydrogen (secondary N) is 1. The van der Waals surface area contributed by atoms with Gasteiger partial charge in [-0.2, -0.15) is 0 Å². The van der Waals surface area contributed by atoms with Gasteiger partial charge >= 0.3 is 0 Å². The predicted molar refractivity (Wildman–Crippen MR) is 94.0 cm³/mol. The highest BCUT2D eigenvalue weighted by Gasteiger charge is 2.23. The third-order valence-electron chi connectivity index (χ3n) is 4.23. The predicted octanol–water partition coefficient (Wildman–Crippen LogP) is 3.94. The maximum Gasteiger partial charge on any atom is 0.269 e. The first kappa shape index (κ1) is 17.9. The lowest BCUT2D eigenvalue weighted by molar-refractivity contribution is -0.384. The number of hydrogen-bond acceptors (Lipinski definition) is 4. The molecule has 2 rings (SSSR count). The molecule has 0 aliphatic rings. The Bertz CT molecular complexity index is 908. The van der Waals surface area contributed by atoms with Gasteiger partial charge in [0, 0.05) is 12.1 Å². The first-order chi connectivity index (χ1) is 11.0. The second kappa shape index (κ2) is 6.24. The molecule has 0 heterocycles. The smallest absolute Gasteiger partial charge is 0.269 e. The SMILES string of the molecule is Cc1cc([N+](=O)[O-])ccc1NS(=O)(=O)c1c(C)c(C)cc(C)c1C. The van der Waals surface area contributed by atoms with Crippen molar-refractivity contribution in [3.63, 3.8) is 0 Å². The lowest BCUT2D eigenvalue weighted by Gasteiger charge is -2.17. The number of nitro groups is 1. The van der Waals surface area contributed by atoms with E-state index in [1.807, 2.05) is 19.9 Å². The summed E-state index contributed by atoms with van der Waals surface area (Å²) in [5, 5.41) is 10.8. The fourth-order valence-electron chi connectivity index (χ4n) is 2.66. The number of non-ortho nitro benzene ring substituents is 1. The fraction of sp³-hybridized carbons (Fsp3) is 0.294. The molecule has 0 saturated carbocycles. The molecule has 0 aliphatic carbocycles. The van der Waals surface area contributed by atoms with E-state index in [1.54, 1.807) is 20.8 Å². The first-order valence-corrected chi connectivity index (χ1v) is 8.88. The van der Waals surface area contributed by atoms with Crippen LogP contribution >= 0.6 is 0 Å². The number of anilines is 1. The van der Waals surface area contributed by atoms with Gasteiger partial charge in [0.2, 0.25) is 0 Å². The summed E-state index contributed by atoms with van der Waals surface area (Å²) in [6.45, 7) is 8.93. The van der Waals surface area contributed by atoms with Crippen molar-refractivity contribution in [2.24, 2.45) is 0 Å². The number of sulfonamides is 1. The molecule has 0 radical (unpaired) electrons. The van der Waals surface area contributed by atoms with Crippen LogP contribution in [0.1, 0.15) is 27.8 Å². The van der Waals surface area contributed by atoms with Crippen molar-refractivity contribution < 1.29 is 13.3 Å². The van der Waals surface area contributed by atoms with Crippen LogP contribution in [-0.2, 0) is 10.0 Å². The average molecular weight is 348 g/mol. The number of aryl methyl sites for hydroxylation is 3. The van der Waals surface area contributed by atoms with Gasteiger partial charge in [-0.3, -0.25) is 14.8 Å². The van der Waals surface area contributed by atoms with Crippen LogP contribution in [-0.4, -0.2) is 13.3 Å². The Hall–Kier alpha value is -2.41. The molecule has 0 aromatic heterocycles. The largest absolute Gasteiger partial charge is 0.279 e. The highest BCUT2D eigenvalue weighted by atomic mass is 32.2. The summed E-state index contributed by atoms with van der Waals surface area (Å²) in [6, 6.07) is 6.00. The molecule has 6 nitrogen and oxygen atoms in total. The fourth-order valence-corrected chi connectivity index (χ4v) is 4.40. The summed E-state index contributed by atoms with van der Waals surface area (Å²) in [6.07, 6.45) is 0. The van der Waals surface area contributed by atoms with Crippen molar-refractivity contribution in [3.05, 3.63) is 62.2 Å². The van der Waals surface area contributed by atoms with Gasteiger partial charge in [0.15, 0.2) is 0 Å². The third kappa shape index (κ3) is 3.26. The molecule has 1 N–H and O–H groups in total. The second-order valence-corrected chi connectivity index (χ2v) is 7.57. The zero-order chi connectivity index (χ0) is 18.2. The van der Waals surface area contributed by atoms with Crippen molar-refractivity contribution in [2.45, 2.75) is 39.5 Å². The van der Waals surface area contributed by atoms with E-state index in [0.717, 1.165) is 11.1 Å². The molecular formula is C17H20N2O4S. The Kier molecular flexibility index (Phi) is 4.66. The van der Waals surface area contributed by atoms with E-state index >= 15 is 0 Å². The van der Waals surface area contributed by atoms with Crippen LogP contribution in [0.5, 0.6) is 0 Å². The molecule has 0 fully saturated rings. The van der Waals surface area contributed by atoms with Crippen molar-refractivity contribution in [2.75, 3.05) is 4.72 Å². The Balaban J connectivity index is 2.53. The molecule has 7 heteroatoms. The number of nitrogens with zero attached hydrogens (tertiary/aromatic N) is 1. The van der Waals surface area contributed by atoms with Gasteiger partial charge in [-0.15, -0.1) is 0 Å². The molecule has 0 amide bonds. The Morgan fingerprint density at radius 3 is 1.92 bits per heavy atom. The summed E-state index contributed by atoms with van der Waals surface area (Å²) in [7, 11) is -3.80. The Labute approximate surface area is 141 Å². The third-order valence-corrected chi connectivity index (χ3v) is 5.87. The summed E-state index contributed by atoms with van der Waals surface area (Å²) in [5.74, 6) is 0. The highest BCUT2D eigenvalue weighted by Crippen LogP contribution is 2.29. The van der Waals surface area contributed by atoms with Crippen LogP contribution in [0.15, 0.2) is 29.2 Å². The van der Waals surface area contributed by atoms with Gasteiger partial charge in [0.05, 0.1) is 15.5 Å². The Morgan fingerprint density at radius 1 is 0.917 bits per heavy atom. The van der Waals surface area contributed by atoms with Gasteiger partial charge in [-0.05, 0) is 68.5 Å². The molecule has 0 bridgehead atoms. The number of nitro benzene ring substituents is 1. The lowest BCUT2D eigenvalue weighted by atomic mass is 10.0. The van der Waals surface area contributed by atoms with Crippen molar-refractivity contribution >= 4 is 21.4 Å². The maximum absolute atomic E-state index is 12.9. The van der Waals surface area contributed by atoms with Crippen molar-refractivity contribution in [3.8, 4) is 0 Å². The van der Waals surface area contributed by atoms with Crippen molar-refractivity contribution in [1.82, 2.24) is 0 Å². The van der Waals surface area contributed by atoms with Crippen LogP contribution in [0, 0.1) is 44.7 Å². The number of benzene rings is 2. The zero-order valence-electron chi connectivity index (χ0n) is 14.3. The van der Waals surface area contributed by atoms with Crippen LogP contribution in [0.4, 0.5) is 11.4 Å². The number of hydrogen-bond donors (Lipinski definition) is 1. The molecule has 24 heavy (non-hydrogen) atoms. The van der Waals surface area contributed by atoms with E-state index in [-0.39, 0.29) is 10.6 Å². The van der Waals surface area contributed by atoms with E-state index in [1.165, 1.54) is 18.2 Å². The van der Waals surface area contributed by atoms with Crippen LogP contribution in [0.25, 0.3) is 0 Å². The van der Waals surface area contributed by atoms with Crippen molar-refractivity contribution in [1.29, 1.82) is 0 Å². The normalized spacial score (nSPS) is 11.4. The summed E-state index contributed by atoms with van der Waals surface area (Å²) in [5.41, 5.74) is 3.95. The van der Waals surface area contributed by atoms with E-state index in [4.69, 9.17) is 0 Å². The standard InChI is InChI=1S/C17H20N2O4S/c1-10-8-11(2)14(5)17(13(10)4)24(22,23)18-16-7-6-15(19(20)21)9-12(16)3/h6-9,18H,1-5H3. The molecule has 0 spiro atoms. The van der Waals surface area contributed by atoms with Gasteiger partial charge < -0.3 is 0 Å². The minimum Gasteiger partial charge on any atom is -0.279 e. The molecule has 0 saturated heterocycles. The topological polar surface area (TPSA) is 89.3 Å². The minimum atomic E-state index is -3.80. The quantitative estimate of drug-likeness (QED) is 0.669. The molecular weight excluding hydrogens is 328 g/mol. The van der Waals surface area contributed by atoms with Crippen LogP contribution < -0.4 is 4.72 Å². The van der Waals surface area contributed by atoms with E-state index in [2.05, 4.69) is 4.72 Å². The van der Waals surface area contributed by atoms with Gasteiger partial charge in [0.1, 0.15) is 0 Å². The molecule has 0 aliphatic heterocycles. The van der Waals surface area contributed by atoms with E-state index in [9.17, 15) is 18.5 Å². The minimum absolute atomic E-state index is 0.0748.